The molecule has 5 heteroatoms. The predicted molar refractivity (Wildman–Crippen MR) is 78.7 cm³/mol. The zero-order valence-corrected chi connectivity index (χ0v) is 12.3. The molecule has 2 rings (SSSR count). The number of ether oxygens (including phenoxy) is 3. The Balaban J connectivity index is 2.60. The van der Waals surface area contributed by atoms with Crippen molar-refractivity contribution in [2.75, 3.05) is 20.8 Å². The monoisotopic (exact) mass is 287 g/mol. The highest BCUT2D eigenvalue weighted by molar-refractivity contribution is 5.96. The molecule has 0 saturated carbocycles. The Labute approximate surface area is 123 Å². The van der Waals surface area contributed by atoms with E-state index in [0.29, 0.717) is 23.7 Å². The van der Waals surface area contributed by atoms with E-state index in [9.17, 15) is 4.79 Å². The molecule has 110 valence electrons. The molecule has 5 nitrogen and oxygen atoms in total. The van der Waals surface area contributed by atoms with Crippen LogP contribution in [0.2, 0.25) is 0 Å². The Morgan fingerprint density at radius 2 is 1.86 bits per heavy atom. The van der Waals surface area contributed by atoms with E-state index in [-0.39, 0.29) is 5.69 Å². The van der Waals surface area contributed by atoms with Crippen molar-refractivity contribution in [2.24, 2.45) is 0 Å². The molecule has 21 heavy (non-hydrogen) atoms. The summed E-state index contributed by atoms with van der Waals surface area (Å²) in [6.07, 6.45) is 1.56. The van der Waals surface area contributed by atoms with E-state index in [1.807, 2.05) is 12.1 Å². The summed E-state index contributed by atoms with van der Waals surface area (Å²) in [4.78, 5) is 16.2. The van der Waals surface area contributed by atoms with Gasteiger partial charge in [-0.05, 0) is 19.1 Å². The minimum absolute atomic E-state index is 0.255. The van der Waals surface area contributed by atoms with Crippen LogP contribution in [0.25, 0.3) is 11.1 Å². The van der Waals surface area contributed by atoms with E-state index in [1.165, 1.54) is 0 Å². The molecule has 0 saturated heterocycles. The highest BCUT2D eigenvalue weighted by Crippen LogP contribution is 2.38. The third-order valence-electron chi connectivity index (χ3n) is 2.97. The van der Waals surface area contributed by atoms with Crippen molar-refractivity contribution < 1.29 is 19.0 Å². The fourth-order valence-electron chi connectivity index (χ4n) is 2.08. The van der Waals surface area contributed by atoms with Crippen LogP contribution in [-0.2, 0) is 4.74 Å². The molecule has 0 spiro atoms. The second-order valence-corrected chi connectivity index (χ2v) is 4.16. The van der Waals surface area contributed by atoms with Crippen molar-refractivity contribution >= 4 is 5.97 Å². The standard InChI is InChI=1S/C16H17NO4/c1-4-21-16(18)14-11(8-6-10-17-14)12-7-5-9-13(19-2)15(12)20-3/h5-10H,4H2,1-3H3. The fraction of sp³-hybridized carbons (Fsp3) is 0.250. The number of rotatable bonds is 5. The first-order chi connectivity index (χ1) is 10.2. The Hall–Kier alpha value is -2.56. The quantitative estimate of drug-likeness (QED) is 0.791. The van der Waals surface area contributed by atoms with Crippen LogP contribution >= 0.6 is 0 Å². The van der Waals surface area contributed by atoms with E-state index in [2.05, 4.69) is 4.98 Å². The third kappa shape index (κ3) is 2.97. The second-order valence-electron chi connectivity index (χ2n) is 4.16. The van der Waals surface area contributed by atoms with Crippen LogP contribution in [0.15, 0.2) is 36.5 Å². The summed E-state index contributed by atoms with van der Waals surface area (Å²) in [5.41, 5.74) is 1.63. The molecule has 0 aliphatic rings. The molecule has 0 aliphatic heterocycles. The summed E-state index contributed by atoms with van der Waals surface area (Å²) in [6.45, 7) is 2.05. The maximum Gasteiger partial charge on any atom is 0.357 e. The lowest BCUT2D eigenvalue weighted by molar-refractivity contribution is 0.0520. The number of methoxy groups -OCH3 is 2. The molecular weight excluding hydrogens is 270 g/mol. The van der Waals surface area contributed by atoms with Crippen molar-refractivity contribution in [2.45, 2.75) is 6.92 Å². The number of nitrogens with zero attached hydrogens (tertiary/aromatic N) is 1. The van der Waals surface area contributed by atoms with Gasteiger partial charge in [0, 0.05) is 17.3 Å². The molecule has 0 fully saturated rings. The van der Waals surface area contributed by atoms with E-state index in [1.54, 1.807) is 45.5 Å². The van der Waals surface area contributed by atoms with Gasteiger partial charge in [0.15, 0.2) is 17.2 Å². The lowest BCUT2D eigenvalue weighted by atomic mass is 10.0. The number of esters is 1. The van der Waals surface area contributed by atoms with Crippen LogP contribution in [0.3, 0.4) is 0 Å². The number of aromatic nitrogens is 1. The van der Waals surface area contributed by atoms with E-state index < -0.39 is 5.97 Å². The number of benzene rings is 1. The summed E-state index contributed by atoms with van der Waals surface area (Å²) < 4.78 is 15.7. The van der Waals surface area contributed by atoms with E-state index >= 15 is 0 Å². The maximum atomic E-state index is 12.0. The van der Waals surface area contributed by atoms with Gasteiger partial charge in [-0.2, -0.15) is 0 Å². The number of hydrogen-bond acceptors (Lipinski definition) is 5. The van der Waals surface area contributed by atoms with Crippen molar-refractivity contribution in [3.05, 3.63) is 42.2 Å². The van der Waals surface area contributed by atoms with Crippen LogP contribution in [0.5, 0.6) is 11.5 Å². The molecule has 1 aromatic carbocycles. The normalized spacial score (nSPS) is 10.0. The lowest BCUT2D eigenvalue weighted by Crippen LogP contribution is -2.09. The first-order valence-electron chi connectivity index (χ1n) is 6.56. The number of para-hydroxylation sites is 1. The van der Waals surface area contributed by atoms with Gasteiger partial charge in [-0.15, -0.1) is 0 Å². The largest absolute Gasteiger partial charge is 0.493 e. The third-order valence-corrected chi connectivity index (χ3v) is 2.97. The van der Waals surface area contributed by atoms with Crippen LogP contribution in [0, 0.1) is 0 Å². The molecular formula is C16H17NO4. The molecule has 1 aromatic heterocycles. The Kier molecular flexibility index (Phi) is 4.77. The molecule has 0 amide bonds. The lowest BCUT2D eigenvalue weighted by Gasteiger charge is -2.14. The Morgan fingerprint density at radius 3 is 2.52 bits per heavy atom. The van der Waals surface area contributed by atoms with Gasteiger partial charge in [0.25, 0.3) is 0 Å². The first-order valence-corrected chi connectivity index (χ1v) is 6.56. The minimum atomic E-state index is -0.460. The van der Waals surface area contributed by atoms with Gasteiger partial charge in [-0.25, -0.2) is 9.78 Å². The number of carbonyl (C=O) groups excluding carboxylic acids is 1. The van der Waals surface area contributed by atoms with Crippen molar-refractivity contribution in [1.29, 1.82) is 0 Å². The first kappa shape index (κ1) is 14.8. The minimum Gasteiger partial charge on any atom is -0.493 e. The number of pyridine rings is 1. The van der Waals surface area contributed by atoms with Gasteiger partial charge in [0.1, 0.15) is 0 Å². The van der Waals surface area contributed by atoms with Crippen molar-refractivity contribution in [3.63, 3.8) is 0 Å². The fourth-order valence-corrected chi connectivity index (χ4v) is 2.08. The number of hydrogen-bond donors (Lipinski definition) is 0. The summed E-state index contributed by atoms with van der Waals surface area (Å²) >= 11 is 0. The summed E-state index contributed by atoms with van der Waals surface area (Å²) in [6, 6.07) is 9.04. The molecule has 0 unspecified atom stereocenters. The molecule has 0 N–H and O–H groups in total. The zero-order valence-electron chi connectivity index (χ0n) is 12.3. The maximum absolute atomic E-state index is 12.0. The molecule has 0 aliphatic carbocycles. The van der Waals surface area contributed by atoms with E-state index in [4.69, 9.17) is 14.2 Å². The molecule has 0 bridgehead atoms. The van der Waals surface area contributed by atoms with Gasteiger partial charge in [-0.3, -0.25) is 0 Å². The van der Waals surface area contributed by atoms with Gasteiger partial charge in [0.05, 0.1) is 20.8 Å². The van der Waals surface area contributed by atoms with Crippen molar-refractivity contribution in [3.8, 4) is 22.6 Å². The number of carbonyl (C=O) groups is 1. The summed E-state index contributed by atoms with van der Waals surface area (Å²) in [7, 11) is 3.12. The SMILES string of the molecule is CCOC(=O)c1ncccc1-c1cccc(OC)c1OC. The van der Waals surface area contributed by atoms with Crippen LogP contribution < -0.4 is 9.47 Å². The van der Waals surface area contributed by atoms with Crippen LogP contribution in [-0.4, -0.2) is 31.8 Å². The molecule has 0 radical (unpaired) electrons. The highest BCUT2D eigenvalue weighted by atomic mass is 16.5. The Morgan fingerprint density at radius 1 is 1.10 bits per heavy atom. The summed E-state index contributed by atoms with van der Waals surface area (Å²) in [5, 5.41) is 0. The smallest absolute Gasteiger partial charge is 0.357 e. The Bertz CT molecular complexity index is 640. The van der Waals surface area contributed by atoms with Crippen LogP contribution in [0.4, 0.5) is 0 Å². The topological polar surface area (TPSA) is 57.7 Å². The predicted octanol–water partition coefficient (Wildman–Crippen LogP) is 2.94. The van der Waals surface area contributed by atoms with Gasteiger partial charge < -0.3 is 14.2 Å². The van der Waals surface area contributed by atoms with Gasteiger partial charge >= 0.3 is 5.97 Å². The zero-order chi connectivity index (χ0) is 15.2. The molecule has 2 aromatic rings. The average Bonchev–Trinajstić information content (AvgIpc) is 2.54. The van der Waals surface area contributed by atoms with E-state index in [0.717, 1.165) is 5.56 Å². The van der Waals surface area contributed by atoms with Gasteiger partial charge in [0.2, 0.25) is 0 Å². The average molecular weight is 287 g/mol. The molecule has 0 atom stereocenters. The summed E-state index contributed by atoms with van der Waals surface area (Å²) in [5.74, 6) is 0.685. The van der Waals surface area contributed by atoms with Gasteiger partial charge in [-0.1, -0.05) is 18.2 Å². The van der Waals surface area contributed by atoms with Crippen LogP contribution in [0.1, 0.15) is 17.4 Å². The second kappa shape index (κ2) is 6.74. The highest BCUT2D eigenvalue weighted by Gasteiger charge is 2.19. The van der Waals surface area contributed by atoms with Crippen molar-refractivity contribution in [1.82, 2.24) is 4.98 Å². The molecule has 1 heterocycles.